The lowest BCUT2D eigenvalue weighted by Crippen LogP contribution is -2.28. The Morgan fingerprint density at radius 3 is 2.53 bits per heavy atom. The van der Waals surface area contributed by atoms with Gasteiger partial charge < -0.3 is 15.0 Å². The van der Waals surface area contributed by atoms with Crippen LogP contribution >= 0.6 is 0 Å². The van der Waals surface area contributed by atoms with Crippen molar-refractivity contribution in [3.05, 3.63) is 30.1 Å². The molecule has 0 fully saturated rings. The topological polar surface area (TPSA) is 77.4 Å². The molecule has 1 rings (SSSR count). The molecule has 0 aromatic heterocycles. The maximum atomic E-state index is 12.6. The number of carbonyl (C=O) groups is 1. The maximum Gasteiger partial charge on any atom is 0.123 e. The van der Waals surface area contributed by atoms with Gasteiger partial charge in [0.05, 0.1) is 16.9 Å². The summed E-state index contributed by atoms with van der Waals surface area (Å²) in [4.78, 5) is 10.6. The molecule has 1 aromatic rings. The largest absolute Gasteiger partial charge is 0.550 e. The molecule has 6 heteroatoms. The molecule has 1 N–H and O–H groups in total. The Kier molecular flexibility index (Phi) is 5.24. The molecule has 2 atom stereocenters. The molecule has 0 bridgehead atoms. The van der Waals surface area contributed by atoms with E-state index in [0.717, 1.165) is 0 Å². The van der Waals surface area contributed by atoms with E-state index in [9.17, 15) is 23.6 Å². The lowest BCUT2D eigenvalue weighted by Gasteiger charge is -2.10. The minimum atomic E-state index is -1.37. The third-order valence-electron chi connectivity index (χ3n) is 2.12. The fourth-order valence-corrected chi connectivity index (χ4v) is 2.40. The predicted molar refractivity (Wildman–Crippen MR) is 57.9 cm³/mol. The number of aliphatic hydroxyl groups is 1. The smallest absolute Gasteiger partial charge is 0.123 e. The first-order valence-corrected chi connectivity index (χ1v) is 6.33. The standard InChI is InChI=1S/C11H13FO4S/c12-8-1-3-10(4-2-8)17(16)6-5-9(13)7-11(14)15/h1-4,9,13H,5-7H2,(H,14,15)/p-1. The normalized spacial score (nSPS) is 14.2. The van der Waals surface area contributed by atoms with Gasteiger partial charge in [0.1, 0.15) is 5.82 Å². The van der Waals surface area contributed by atoms with Crippen LogP contribution in [0.25, 0.3) is 0 Å². The van der Waals surface area contributed by atoms with E-state index < -0.39 is 35.1 Å². The molecule has 0 aliphatic carbocycles. The molecule has 17 heavy (non-hydrogen) atoms. The van der Waals surface area contributed by atoms with Gasteiger partial charge in [-0.25, -0.2) is 4.39 Å². The van der Waals surface area contributed by atoms with Crippen LogP contribution in [0.3, 0.4) is 0 Å². The van der Waals surface area contributed by atoms with Crippen LogP contribution in [0.15, 0.2) is 29.2 Å². The summed E-state index contributed by atoms with van der Waals surface area (Å²) in [7, 11) is -1.37. The minimum Gasteiger partial charge on any atom is -0.550 e. The first-order valence-electron chi connectivity index (χ1n) is 5.01. The van der Waals surface area contributed by atoms with E-state index in [0.29, 0.717) is 4.90 Å². The third kappa shape index (κ3) is 5.06. The van der Waals surface area contributed by atoms with Crippen molar-refractivity contribution in [2.24, 2.45) is 0 Å². The first-order chi connectivity index (χ1) is 7.99. The van der Waals surface area contributed by atoms with Gasteiger partial charge in [-0.1, -0.05) is 0 Å². The van der Waals surface area contributed by atoms with E-state index in [4.69, 9.17) is 0 Å². The van der Waals surface area contributed by atoms with Crippen LogP contribution in [0.2, 0.25) is 0 Å². The number of hydrogen-bond donors (Lipinski definition) is 1. The van der Waals surface area contributed by atoms with Crippen LogP contribution in [-0.2, 0) is 15.6 Å². The molecular weight excluding hydrogens is 247 g/mol. The maximum absolute atomic E-state index is 12.6. The summed E-state index contributed by atoms with van der Waals surface area (Å²) in [5.41, 5.74) is 0. The highest BCUT2D eigenvalue weighted by Crippen LogP contribution is 2.10. The average molecular weight is 259 g/mol. The quantitative estimate of drug-likeness (QED) is 0.769. The molecule has 0 radical (unpaired) electrons. The van der Waals surface area contributed by atoms with E-state index in [1.165, 1.54) is 24.3 Å². The molecule has 94 valence electrons. The van der Waals surface area contributed by atoms with Gasteiger partial charge in [-0.3, -0.25) is 4.21 Å². The van der Waals surface area contributed by atoms with E-state index >= 15 is 0 Å². The number of rotatable bonds is 6. The van der Waals surface area contributed by atoms with Gasteiger partial charge >= 0.3 is 0 Å². The van der Waals surface area contributed by atoms with Gasteiger partial charge in [0.2, 0.25) is 0 Å². The van der Waals surface area contributed by atoms with Crippen LogP contribution in [0.4, 0.5) is 4.39 Å². The van der Waals surface area contributed by atoms with Crippen molar-refractivity contribution in [2.75, 3.05) is 5.75 Å². The minimum absolute atomic E-state index is 0.0952. The number of benzene rings is 1. The second-order valence-corrected chi connectivity index (χ2v) is 5.09. The van der Waals surface area contributed by atoms with Gasteiger partial charge in [0, 0.05) is 23.0 Å². The van der Waals surface area contributed by atoms with E-state index in [-0.39, 0.29) is 12.2 Å². The second kappa shape index (κ2) is 6.46. The monoisotopic (exact) mass is 259 g/mol. The number of aliphatic carboxylic acids is 1. The zero-order valence-corrected chi connectivity index (χ0v) is 9.78. The molecule has 0 spiro atoms. The number of carbonyl (C=O) groups excluding carboxylic acids is 1. The molecule has 0 aliphatic heterocycles. The highest BCUT2D eigenvalue weighted by Gasteiger charge is 2.09. The Morgan fingerprint density at radius 2 is 2.00 bits per heavy atom. The first kappa shape index (κ1) is 13.8. The lowest BCUT2D eigenvalue weighted by molar-refractivity contribution is -0.307. The summed E-state index contributed by atoms with van der Waals surface area (Å²) < 4.78 is 24.3. The summed E-state index contributed by atoms with van der Waals surface area (Å²) in [6, 6.07) is 5.20. The fourth-order valence-electron chi connectivity index (χ4n) is 1.24. The van der Waals surface area contributed by atoms with Gasteiger partial charge in [-0.15, -0.1) is 0 Å². The van der Waals surface area contributed by atoms with Crippen molar-refractivity contribution in [3.8, 4) is 0 Å². The fraction of sp³-hybridized carbons (Fsp3) is 0.364. The summed E-state index contributed by atoms with van der Waals surface area (Å²) >= 11 is 0. The molecule has 4 nitrogen and oxygen atoms in total. The summed E-state index contributed by atoms with van der Waals surface area (Å²) in [5.74, 6) is -1.63. The lowest BCUT2D eigenvalue weighted by atomic mass is 10.2. The van der Waals surface area contributed by atoms with Crippen molar-refractivity contribution < 1.29 is 23.6 Å². The van der Waals surface area contributed by atoms with Crippen LogP contribution in [0.5, 0.6) is 0 Å². The Hall–Kier alpha value is -1.27. The molecule has 0 saturated heterocycles. The number of carboxylic acid groups (broad SMARTS) is 1. The SMILES string of the molecule is O=C([O-])CC(O)CCS(=O)c1ccc(F)cc1. The van der Waals surface area contributed by atoms with E-state index in [2.05, 4.69) is 0 Å². The van der Waals surface area contributed by atoms with Gasteiger partial charge in [-0.05, 0) is 30.7 Å². The molecule has 2 unspecified atom stereocenters. The van der Waals surface area contributed by atoms with Crippen molar-refractivity contribution in [2.45, 2.75) is 23.8 Å². The molecule has 0 saturated carbocycles. The number of carboxylic acids is 1. The number of aliphatic hydroxyl groups excluding tert-OH is 1. The summed E-state index contributed by atoms with van der Waals surface area (Å²) in [6.07, 6.45) is -1.44. The van der Waals surface area contributed by atoms with Gasteiger partial charge in [-0.2, -0.15) is 0 Å². The summed E-state index contributed by atoms with van der Waals surface area (Å²) in [6.45, 7) is 0. The predicted octanol–water partition coefficient (Wildman–Crippen LogP) is -0.176. The Bertz CT molecular complexity index is 404. The highest BCUT2D eigenvalue weighted by atomic mass is 32.2. The Labute approximate surface area is 101 Å². The number of halogens is 1. The van der Waals surface area contributed by atoms with Crippen LogP contribution < -0.4 is 5.11 Å². The van der Waals surface area contributed by atoms with Crippen molar-refractivity contribution in [1.82, 2.24) is 0 Å². The second-order valence-electron chi connectivity index (χ2n) is 3.52. The molecule has 0 amide bonds. The average Bonchev–Trinajstić information content (AvgIpc) is 2.26. The third-order valence-corrected chi connectivity index (χ3v) is 3.52. The van der Waals surface area contributed by atoms with Crippen LogP contribution in [0.1, 0.15) is 12.8 Å². The van der Waals surface area contributed by atoms with E-state index in [1.54, 1.807) is 0 Å². The Balaban J connectivity index is 2.44. The Morgan fingerprint density at radius 1 is 1.41 bits per heavy atom. The summed E-state index contributed by atoms with van der Waals surface area (Å²) in [5, 5.41) is 19.4. The number of hydrogen-bond acceptors (Lipinski definition) is 4. The van der Waals surface area contributed by atoms with Crippen molar-refractivity contribution in [1.29, 1.82) is 0 Å². The molecular formula is C11H12FO4S-. The van der Waals surface area contributed by atoms with Crippen molar-refractivity contribution >= 4 is 16.8 Å². The molecule has 0 heterocycles. The van der Waals surface area contributed by atoms with Gasteiger partial charge in [0.25, 0.3) is 0 Å². The van der Waals surface area contributed by atoms with Crippen molar-refractivity contribution in [3.63, 3.8) is 0 Å². The zero-order valence-electron chi connectivity index (χ0n) is 8.97. The highest BCUT2D eigenvalue weighted by molar-refractivity contribution is 7.85. The van der Waals surface area contributed by atoms with Crippen LogP contribution in [0, 0.1) is 5.82 Å². The van der Waals surface area contributed by atoms with E-state index in [1.807, 2.05) is 0 Å². The van der Waals surface area contributed by atoms with Gasteiger partial charge in [0.15, 0.2) is 0 Å². The van der Waals surface area contributed by atoms with Crippen LogP contribution in [-0.4, -0.2) is 27.1 Å². The molecule has 0 aliphatic rings. The zero-order chi connectivity index (χ0) is 12.8. The molecule has 1 aromatic carbocycles.